The van der Waals surface area contributed by atoms with Gasteiger partial charge in [-0.1, -0.05) is 18.9 Å². The summed E-state index contributed by atoms with van der Waals surface area (Å²) >= 11 is 1.66. The van der Waals surface area contributed by atoms with E-state index in [9.17, 15) is 9.90 Å². The largest absolute Gasteiger partial charge is 0.497 e. The molecule has 0 spiro atoms. The maximum atomic E-state index is 12.4. The standard InChI is InChI=1S/C20H26N2O3S/c1-14(23)17-8-9-18(26-17)20(10-3-4-11-20)13-21-19(24)22-15-6-5-7-16(12-15)25-2/h5-9,12,14,23H,3-4,10-11,13H2,1-2H3,(H2,21,22,24). The van der Waals surface area contributed by atoms with E-state index in [0.29, 0.717) is 18.0 Å². The van der Waals surface area contributed by atoms with Crippen LogP contribution in [-0.2, 0) is 5.41 Å². The van der Waals surface area contributed by atoms with E-state index in [2.05, 4.69) is 16.7 Å². The predicted octanol–water partition coefficient (Wildman–Crippen LogP) is 4.44. The maximum Gasteiger partial charge on any atom is 0.319 e. The summed E-state index contributed by atoms with van der Waals surface area (Å²) in [6.45, 7) is 2.39. The first-order chi connectivity index (χ1) is 12.5. The third-order valence-electron chi connectivity index (χ3n) is 5.04. The summed E-state index contributed by atoms with van der Waals surface area (Å²) in [5, 5.41) is 15.7. The number of urea groups is 1. The molecule has 0 bridgehead atoms. The van der Waals surface area contributed by atoms with Crippen LogP contribution in [0.5, 0.6) is 5.75 Å². The Labute approximate surface area is 158 Å². The van der Waals surface area contributed by atoms with Gasteiger partial charge in [-0.15, -0.1) is 11.3 Å². The molecule has 0 aliphatic heterocycles. The molecule has 1 aromatic carbocycles. The van der Waals surface area contributed by atoms with Gasteiger partial charge in [-0.25, -0.2) is 4.79 Å². The minimum Gasteiger partial charge on any atom is -0.497 e. The zero-order valence-corrected chi connectivity index (χ0v) is 16.1. The number of aliphatic hydroxyl groups excluding tert-OH is 1. The molecule has 6 heteroatoms. The van der Waals surface area contributed by atoms with Crippen LogP contribution in [0.3, 0.4) is 0 Å². The number of amides is 2. The number of carbonyl (C=O) groups excluding carboxylic acids is 1. The van der Waals surface area contributed by atoms with Crippen molar-refractivity contribution < 1.29 is 14.6 Å². The van der Waals surface area contributed by atoms with Crippen molar-refractivity contribution in [2.24, 2.45) is 0 Å². The molecule has 3 N–H and O–H groups in total. The second kappa shape index (κ2) is 8.10. The van der Waals surface area contributed by atoms with Gasteiger partial charge in [0.05, 0.1) is 13.2 Å². The molecule has 1 heterocycles. The first kappa shape index (κ1) is 18.7. The van der Waals surface area contributed by atoms with Gasteiger partial charge >= 0.3 is 6.03 Å². The Bertz CT molecular complexity index is 751. The highest BCUT2D eigenvalue weighted by atomic mass is 32.1. The fourth-order valence-electron chi connectivity index (χ4n) is 3.55. The number of nitrogens with one attached hydrogen (secondary N) is 2. The lowest BCUT2D eigenvalue weighted by atomic mass is 9.84. The van der Waals surface area contributed by atoms with Crippen molar-refractivity contribution in [3.8, 4) is 5.75 Å². The number of hydrogen-bond donors (Lipinski definition) is 3. The summed E-state index contributed by atoms with van der Waals surface area (Å²) in [4.78, 5) is 14.6. The van der Waals surface area contributed by atoms with Crippen LogP contribution in [0.1, 0.15) is 48.5 Å². The number of benzene rings is 1. The van der Waals surface area contributed by atoms with Crippen LogP contribution >= 0.6 is 11.3 Å². The monoisotopic (exact) mass is 374 g/mol. The van der Waals surface area contributed by atoms with Crippen molar-refractivity contribution in [1.82, 2.24) is 5.32 Å². The highest BCUT2D eigenvalue weighted by Gasteiger charge is 2.37. The fraction of sp³-hybridized carbons (Fsp3) is 0.450. The fourth-order valence-corrected chi connectivity index (χ4v) is 4.74. The zero-order chi connectivity index (χ0) is 18.6. The summed E-state index contributed by atoms with van der Waals surface area (Å²) in [5.41, 5.74) is 0.679. The van der Waals surface area contributed by atoms with Gasteiger partial charge in [-0.2, -0.15) is 0 Å². The number of aliphatic hydroxyl groups is 1. The lowest BCUT2D eigenvalue weighted by molar-refractivity contribution is 0.203. The normalized spacial score (nSPS) is 16.9. The first-order valence-electron chi connectivity index (χ1n) is 9.00. The summed E-state index contributed by atoms with van der Waals surface area (Å²) in [5.74, 6) is 0.708. The van der Waals surface area contributed by atoms with Crippen LogP contribution in [0.15, 0.2) is 36.4 Å². The first-order valence-corrected chi connectivity index (χ1v) is 9.81. The third kappa shape index (κ3) is 4.19. The van der Waals surface area contributed by atoms with Crippen molar-refractivity contribution in [2.75, 3.05) is 19.0 Å². The highest BCUT2D eigenvalue weighted by molar-refractivity contribution is 7.12. The van der Waals surface area contributed by atoms with Crippen LogP contribution in [0.25, 0.3) is 0 Å². The Morgan fingerprint density at radius 2 is 2.08 bits per heavy atom. The molecule has 0 radical (unpaired) electrons. The maximum absolute atomic E-state index is 12.4. The molecule has 1 aromatic heterocycles. The molecule has 26 heavy (non-hydrogen) atoms. The Kier molecular flexibility index (Phi) is 5.84. The molecule has 3 rings (SSSR count). The molecule has 1 aliphatic rings. The van der Waals surface area contributed by atoms with Gasteiger partial charge in [0.15, 0.2) is 0 Å². The Morgan fingerprint density at radius 1 is 1.31 bits per heavy atom. The topological polar surface area (TPSA) is 70.6 Å². The van der Waals surface area contributed by atoms with Crippen LogP contribution in [0, 0.1) is 0 Å². The Hall–Kier alpha value is -2.05. The number of ether oxygens (including phenoxy) is 1. The molecule has 1 unspecified atom stereocenters. The van der Waals surface area contributed by atoms with Crippen LogP contribution < -0.4 is 15.4 Å². The molecule has 1 saturated carbocycles. The molecule has 2 aromatic rings. The van der Waals surface area contributed by atoms with E-state index in [4.69, 9.17) is 4.74 Å². The summed E-state index contributed by atoms with van der Waals surface area (Å²) in [6, 6.07) is 11.2. The van der Waals surface area contributed by atoms with E-state index < -0.39 is 6.10 Å². The SMILES string of the molecule is COc1cccc(NC(=O)NCC2(c3ccc(C(C)O)s3)CCCC2)c1. The molecule has 1 fully saturated rings. The van der Waals surface area contributed by atoms with Crippen molar-refractivity contribution in [1.29, 1.82) is 0 Å². The number of methoxy groups -OCH3 is 1. The summed E-state index contributed by atoms with van der Waals surface area (Å²) in [7, 11) is 1.60. The van der Waals surface area contributed by atoms with Crippen LogP contribution in [0.2, 0.25) is 0 Å². The van der Waals surface area contributed by atoms with Gasteiger partial charge < -0.3 is 20.5 Å². The Morgan fingerprint density at radius 3 is 2.73 bits per heavy atom. The smallest absolute Gasteiger partial charge is 0.319 e. The van der Waals surface area contributed by atoms with E-state index >= 15 is 0 Å². The zero-order valence-electron chi connectivity index (χ0n) is 15.2. The van der Waals surface area contributed by atoms with Crippen molar-refractivity contribution in [2.45, 2.75) is 44.1 Å². The molecule has 5 nitrogen and oxygen atoms in total. The van der Waals surface area contributed by atoms with E-state index in [1.807, 2.05) is 24.3 Å². The second-order valence-electron chi connectivity index (χ2n) is 6.91. The summed E-state index contributed by atoms with van der Waals surface area (Å²) < 4.78 is 5.18. The molecule has 1 aliphatic carbocycles. The van der Waals surface area contributed by atoms with E-state index in [1.54, 1.807) is 31.4 Å². The molecular formula is C20H26N2O3S. The quantitative estimate of drug-likeness (QED) is 0.700. The van der Waals surface area contributed by atoms with Crippen LogP contribution in [0.4, 0.5) is 10.5 Å². The average Bonchev–Trinajstić information content (AvgIpc) is 3.30. The van der Waals surface area contributed by atoms with Gasteiger partial charge in [0.25, 0.3) is 0 Å². The van der Waals surface area contributed by atoms with Gasteiger partial charge in [0.1, 0.15) is 5.75 Å². The molecule has 1 atom stereocenters. The number of thiophene rings is 1. The molecule has 140 valence electrons. The van der Waals surface area contributed by atoms with E-state index in [0.717, 1.165) is 17.7 Å². The number of carbonyl (C=O) groups is 1. The van der Waals surface area contributed by atoms with Crippen molar-refractivity contribution in [3.05, 3.63) is 46.2 Å². The van der Waals surface area contributed by atoms with Gasteiger partial charge in [-0.05, 0) is 44.0 Å². The van der Waals surface area contributed by atoms with Gasteiger partial charge in [-0.3, -0.25) is 0 Å². The second-order valence-corrected chi connectivity index (χ2v) is 8.02. The summed E-state index contributed by atoms with van der Waals surface area (Å²) in [6.07, 6.45) is 4.01. The lowest BCUT2D eigenvalue weighted by Crippen LogP contribution is -2.40. The highest BCUT2D eigenvalue weighted by Crippen LogP contribution is 2.44. The Balaban J connectivity index is 1.65. The third-order valence-corrected chi connectivity index (χ3v) is 6.54. The van der Waals surface area contributed by atoms with Gasteiger partial charge in [0.2, 0.25) is 0 Å². The van der Waals surface area contributed by atoms with Crippen molar-refractivity contribution in [3.63, 3.8) is 0 Å². The minimum atomic E-state index is -0.448. The van der Waals surface area contributed by atoms with Gasteiger partial charge in [0, 0.05) is 33.5 Å². The minimum absolute atomic E-state index is 0.0243. The predicted molar refractivity (Wildman–Crippen MR) is 105 cm³/mol. The number of rotatable bonds is 6. The van der Waals surface area contributed by atoms with E-state index in [-0.39, 0.29) is 11.4 Å². The number of hydrogen-bond acceptors (Lipinski definition) is 4. The average molecular weight is 375 g/mol. The molecular weight excluding hydrogens is 348 g/mol. The van der Waals surface area contributed by atoms with Crippen LogP contribution in [-0.4, -0.2) is 24.8 Å². The molecule has 2 amide bonds. The molecule has 0 saturated heterocycles. The number of anilines is 1. The van der Waals surface area contributed by atoms with E-state index in [1.165, 1.54) is 17.7 Å². The lowest BCUT2D eigenvalue weighted by Gasteiger charge is -2.28. The van der Waals surface area contributed by atoms with Crippen molar-refractivity contribution >= 4 is 23.1 Å².